The summed E-state index contributed by atoms with van der Waals surface area (Å²) < 4.78 is 26.7. The first-order chi connectivity index (χ1) is 24.3. The Labute approximate surface area is 301 Å². The van der Waals surface area contributed by atoms with Crippen LogP contribution in [0.1, 0.15) is 95.4 Å². The SMILES string of the molecule is CCCCOCCOc1ccc(-c2ccc3c(c2)C=C(C(=O)Nc2ccc(S(=O)Cc4cncn4CCC)cc2)CCCC3CC(C)C)cc1. The van der Waals surface area contributed by atoms with Gasteiger partial charge < -0.3 is 19.4 Å². The smallest absolute Gasteiger partial charge is 0.251 e. The van der Waals surface area contributed by atoms with E-state index < -0.39 is 10.8 Å². The number of anilines is 1. The summed E-state index contributed by atoms with van der Waals surface area (Å²) in [6.45, 7) is 11.6. The second-order valence-electron chi connectivity index (χ2n) is 13.6. The molecule has 2 unspecified atom stereocenters. The summed E-state index contributed by atoms with van der Waals surface area (Å²) >= 11 is 0. The highest BCUT2D eigenvalue weighted by molar-refractivity contribution is 7.84. The number of amides is 1. The van der Waals surface area contributed by atoms with Crippen LogP contribution in [0.15, 0.2) is 89.7 Å². The summed E-state index contributed by atoms with van der Waals surface area (Å²) in [4.78, 5) is 18.7. The molecule has 266 valence electrons. The first kappa shape index (κ1) is 37.3. The van der Waals surface area contributed by atoms with E-state index in [1.807, 2.05) is 36.4 Å². The van der Waals surface area contributed by atoms with Crippen LogP contribution in [0.4, 0.5) is 5.69 Å². The first-order valence-corrected chi connectivity index (χ1v) is 19.6. The fourth-order valence-corrected chi connectivity index (χ4v) is 7.65. The molecular formula is C42H53N3O4S. The number of hydrogen-bond acceptors (Lipinski definition) is 5. The first-order valence-electron chi connectivity index (χ1n) is 18.3. The number of carbonyl (C=O) groups excluding carboxylic acids is 1. The van der Waals surface area contributed by atoms with E-state index in [2.05, 4.69) is 79.0 Å². The molecule has 1 aliphatic rings. The molecule has 0 saturated carbocycles. The fraction of sp³-hybridized carbons (Fsp3) is 0.429. The Hall–Kier alpha value is -4.01. The van der Waals surface area contributed by atoms with E-state index in [0.717, 1.165) is 90.3 Å². The minimum atomic E-state index is -1.21. The molecule has 0 bridgehead atoms. The zero-order valence-corrected chi connectivity index (χ0v) is 31.0. The highest BCUT2D eigenvalue weighted by Crippen LogP contribution is 2.37. The van der Waals surface area contributed by atoms with Gasteiger partial charge in [0.05, 0.1) is 35.2 Å². The van der Waals surface area contributed by atoms with E-state index >= 15 is 0 Å². The molecular weight excluding hydrogens is 643 g/mol. The van der Waals surface area contributed by atoms with Crippen molar-refractivity contribution in [2.24, 2.45) is 5.92 Å². The molecule has 3 aromatic carbocycles. The molecule has 5 rings (SSSR count). The molecule has 0 aliphatic heterocycles. The van der Waals surface area contributed by atoms with Gasteiger partial charge in [-0.15, -0.1) is 0 Å². The minimum Gasteiger partial charge on any atom is -0.491 e. The van der Waals surface area contributed by atoms with Crippen LogP contribution in [-0.2, 0) is 32.6 Å². The maximum Gasteiger partial charge on any atom is 0.251 e. The molecule has 8 heteroatoms. The zero-order valence-electron chi connectivity index (χ0n) is 30.2. The average Bonchev–Trinajstić information content (AvgIpc) is 3.54. The van der Waals surface area contributed by atoms with E-state index in [1.54, 1.807) is 12.5 Å². The summed E-state index contributed by atoms with van der Waals surface area (Å²) in [6.07, 6.45) is 12.7. The fourth-order valence-electron chi connectivity index (χ4n) is 6.54. The highest BCUT2D eigenvalue weighted by Gasteiger charge is 2.22. The average molecular weight is 696 g/mol. The number of nitrogens with one attached hydrogen (secondary N) is 1. The van der Waals surface area contributed by atoms with Gasteiger partial charge in [-0.25, -0.2) is 4.98 Å². The van der Waals surface area contributed by atoms with Gasteiger partial charge >= 0.3 is 0 Å². The lowest BCUT2D eigenvalue weighted by Crippen LogP contribution is -2.16. The van der Waals surface area contributed by atoms with Crippen molar-refractivity contribution in [2.45, 2.75) is 95.8 Å². The Bertz CT molecular complexity index is 1730. The number of aryl methyl sites for hydroxylation is 1. The van der Waals surface area contributed by atoms with Crippen molar-refractivity contribution >= 4 is 28.5 Å². The standard InChI is InChI=1S/C42H53N3O4S/c1-5-7-22-48-23-24-49-39-16-11-32(12-17-39)33-13-20-41-34(25-31(3)4)9-8-10-35(27-36(41)26-33)42(46)44-37-14-18-40(19-15-37)50(47)29-38-28-43-30-45(38)21-6-2/h11-20,26-28,30-31,34H,5-10,21-25,29H2,1-4H3,(H,44,46). The summed E-state index contributed by atoms with van der Waals surface area (Å²) in [7, 11) is -1.21. The Morgan fingerprint density at radius 3 is 2.50 bits per heavy atom. The van der Waals surface area contributed by atoms with Gasteiger partial charge in [0.1, 0.15) is 12.4 Å². The molecule has 7 nitrogen and oxygen atoms in total. The van der Waals surface area contributed by atoms with Crippen molar-refractivity contribution < 1.29 is 18.5 Å². The second-order valence-corrected chi connectivity index (χ2v) is 15.1. The van der Waals surface area contributed by atoms with Gasteiger partial charge in [0.25, 0.3) is 5.91 Å². The number of rotatable bonds is 17. The van der Waals surface area contributed by atoms with E-state index in [1.165, 1.54) is 5.56 Å². The van der Waals surface area contributed by atoms with Gasteiger partial charge in [-0.3, -0.25) is 9.00 Å². The van der Waals surface area contributed by atoms with Crippen LogP contribution in [0, 0.1) is 5.92 Å². The normalized spacial score (nSPS) is 15.1. The maximum absolute atomic E-state index is 13.7. The van der Waals surface area contributed by atoms with E-state index in [0.29, 0.717) is 42.9 Å². The molecule has 0 spiro atoms. The van der Waals surface area contributed by atoms with Crippen LogP contribution in [0.2, 0.25) is 0 Å². The van der Waals surface area contributed by atoms with Crippen molar-refractivity contribution in [3.63, 3.8) is 0 Å². The van der Waals surface area contributed by atoms with Crippen LogP contribution >= 0.6 is 0 Å². The number of unbranched alkanes of at least 4 members (excludes halogenated alkanes) is 1. The molecule has 2 atom stereocenters. The largest absolute Gasteiger partial charge is 0.491 e. The number of imidazole rings is 1. The lowest BCUT2D eigenvalue weighted by Gasteiger charge is -2.25. The van der Waals surface area contributed by atoms with Gasteiger partial charge in [0.2, 0.25) is 0 Å². The van der Waals surface area contributed by atoms with Gasteiger partial charge in [-0.1, -0.05) is 58.4 Å². The lowest BCUT2D eigenvalue weighted by atomic mass is 9.80. The zero-order chi connectivity index (χ0) is 35.3. The van der Waals surface area contributed by atoms with Gasteiger partial charge in [0.15, 0.2) is 0 Å². The van der Waals surface area contributed by atoms with E-state index in [9.17, 15) is 9.00 Å². The molecule has 1 amide bonds. The van der Waals surface area contributed by atoms with Crippen molar-refractivity contribution in [2.75, 3.05) is 25.1 Å². The number of ether oxygens (including phenoxy) is 2. The van der Waals surface area contributed by atoms with Crippen molar-refractivity contribution in [3.8, 4) is 16.9 Å². The Morgan fingerprint density at radius 1 is 0.980 bits per heavy atom. The summed E-state index contributed by atoms with van der Waals surface area (Å²) in [5.41, 5.74) is 7.05. The van der Waals surface area contributed by atoms with Crippen molar-refractivity contribution in [1.29, 1.82) is 0 Å². The molecule has 50 heavy (non-hydrogen) atoms. The van der Waals surface area contributed by atoms with E-state index in [4.69, 9.17) is 9.47 Å². The number of benzene rings is 3. The van der Waals surface area contributed by atoms with Crippen molar-refractivity contribution in [1.82, 2.24) is 9.55 Å². The third-order valence-corrected chi connectivity index (χ3v) is 10.5. The number of carbonyl (C=O) groups is 1. The predicted octanol–water partition coefficient (Wildman–Crippen LogP) is 9.80. The molecule has 0 radical (unpaired) electrons. The number of nitrogens with zero attached hydrogens (tertiary/aromatic N) is 2. The van der Waals surface area contributed by atoms with Crippen LogP contribution in [-0.4, -0.2) is 39.5 Å². The number of aromatic nitrogens is 2. The third-order valence-electron chi connectivity index (χ3n) is 9.15. The number of hydrogen-bond donors (Lipinski definition) is 1. The van der Waals surface area contributed by atoms with Gasteiger partial charge in [-0.05, 0) is 121 Å². The molecule has 4 aromatic rings. The predicted molar refractivity (Wildman–Crippen MR) is 205 cm³/mol. The Kier molecular flexibility index (Phi) is 14.0. The van der Waals surface area contributed by atoms with Crippen LogP contribution < -0.4 is 10.1 Å². The Morgan fingerprint density at radius 2 is 1.76 bits per heavy atom. The summed E-state index contributed by atoms with van der Waals surface area (Å²) in [5.74, 6) is 2.17. The summed E-state index contributed by atoms with van der Waals surface area (Å²) in [5, 5.41) is 3.11. The minimum absolute atomic E-state index is 0.0961. The molecule has 0 saturated heterocycles. The van der Waals surface area contributed by atoms with E-state index in [-0.39, 0.29) is 5.91 Å². The summed E-state index contributed by atoms with van der Waals surface area (Å²) in [6, 6.07) is 22.3. The maximum atomic E-state index is 13.7. The monoisotopic (exact) mass is 695 g/mol. The molecule has 1 heterocycles. The van der Waals surface area contributed by atoms with Crippen molar-refractivity contribution in [3.05, 3.63) is 102 Å². The van der Waals surface area contributed by atoms with Crippen LogP contribution in [0.5, 0.6) is 5.75 Å². The van der Waals surface area contributed by atoms with Crippen LogP contribution in [0.25, 0.3) is 17.2 Å². The molecule has 0 fully saturated rings. The Balaban J connectivity index is 1.30. The topological polar surface area (TPSA) is 82.4 Å². The molecule has 1 N–H and O–H groups in total. The van der Waals surface area contributed by atoms with Crippen LogP contribution in [0.3, 0.4) is 0 Å². The third kappa shape index (κ3) is 10.5. The molecule has 1 aromatic heterocycles. The second kappa shape index (κ2) is 18.8. The highest BCUT2D eigenvalue weighted by atomic mass is 32.2. The molecule has 1 aliphatic carbocycles. The van der Waals surface area contributed by atoms with Gasteiger partial charge in [0, 0.05) is 35.5 Å². The quantitative estimate of drug-likeness (QED) is 0.111. The van der Waals surface area contributed by atoms with Gasteiger partial charge in [-0.2, -0.15) is 0 Å². The number of fused-ring (bicyclic) bond motifs is 1. The lowest BCUT2D eigenvalue weighted by molar-refractivity contribution is -0.112.